The molecule has 0 radical (unpaired) electrons. The summed E-state index contributed by atoms with van der Waals surface area (Å²) in [5.74, 6) is 0.820. The van der Waals surface area contributed by atoms with Crippen LogP contribution in [0.4, 0.5) is 0 Å². The van der Waals surface area contributed by atoms with Crippen molar-refractivity contribution >= 4 is 19.7 Å². The molecular weight excluding hydrogens is 312 g/mol. The predicted molar refractivity (Wildman–Crippen MR) is 84.9 cm³/mol. The molecule has 0 aliphatic carbocycles. The second-order valence-corrected chi connectivity index (χ2v) is 7.74. The predicted octanol–water partition coefficient (Wildman–Crippen LogP) is 3.85. The molecular formula is C15H23ClO4S. The highest BCUT2D eigenvalue weighted by molar-refractivity contribution is 8.13. The van der Waals surface area contributed by atoms with Crippen molar-refractivity contribution in [1.29, 1.82) is 0 Å². The number of hydrogen-bond donors (Lipinski definition) is 0. The lowest BCUT2D eigenvalue weighted by atomic mass is 10.0. The molecule has 0 unspecified atom stereocenters. The number of rotatable bonds is 8. The van der Waals surface area contributed by atoms with Gasteiger partial charge < -0.3 is 9.47 Å². The van der Waals surface area contributed by atoms with Crippen molar-refractivity contribution in [3.05, 3.63) is 23.3 Å². The van der Waals surface area contributed by atoms with Crippen molar-refractivity contribution < 1.29 is 17.9 Å². The Morgan fingerprint density at radius 1 is 1.19 bits per heavy atom. The van der Waals surface area contributed by atoms with Gasteiger partial charge in [-0.2, -0.15) is 0 Å². The molecule has 120 valence electrons. The van der Waals surface area contributed by atoms with Gasteiger partial charge in [-0.25, -0.2) is 8.42 Å². The van der Waals surface area contributed by atoms with Crippen molar-refractivity contribution in [2.45, 2.75) is 44.9 Å². The van der Waals surface area contributed by atoms with Gasteiger partial charge in [0.05, 0.1) is 11.5 Å². The largest absolute Gasteiger partial charge is 0.491 e. The van der Waals surface area contributed by atoms with Gasteiger partial charge in [-0.15, -0.1) is 0 Å². The minimum absolute atomic E-state index is 0.134. The van der Waals surface area contributed by atoms with Crippen molar-refractivity contribution in [2.75, 3.05) is 19.8 Å². The fraction of sp³-hybridized carbons (Fsp3) is 0.600. The number of ether oxygens (including phenoxy) is 2. The van der Waals surface area contributed by atoms with Crippen molar-refractivity contribution in [3.8, 4) is 5.75 Å². The Morgan fingerprint density at radius 2 is 1.86 bits per heavy atom. The normalized spacial score (nSPS) is 11.9. The summed E-state index contributed by atoms with van der Waals surface area (Å²) in [4.78, 5) is 0.141. The molecule has 4 nitrogen and oxygen atoms in total. The van der Waals surface area contributed by atoms with Gasteiger partial charge in [0.25, 0.3) is 9.05 Å². The van der Waals surface area contributed by atoms with Gasteiger partial charge in [-0.1, -0.05) is 20.8 Å². The van der Waals surface area contributed by atoms with E-state index in [0.29, 0.717) is 31.1 Å². The molecule has 0 fully saturated rings. The zero-order valence-corrected chi connectivity index (χ0v) is 14.6. The number of halogens is 1. The first-order chi connectivity index (χ1) is 9.77. The second-order valence-electron chi connectivity index (χ2n) is 5.21. The third-order valence-corrected chi connectivity index (χ3v) is 4.49. The fourth-order valence-electron chi connectivity index (χ4n) is 1.97. The van der Waals surface area contributed by atoms with E-state index in [9.17, 15) is 8.42 Å². The first-order valence-corrected chi connectivity index (χ1v) is 9.38. The lowest BCUT2D eigenvalue weighted by molar-refractivity contribution is 0.100. The van der Waals surface area contributed by atoms with Crippen molar-refractivity contribution in [2.24, 2.45) is 0 Å². The van der Waals surface area contributed by atoms with Crippen LogP contribution < -0.4 is 4.74 Å². The Bertz CT molecular complexity index is 567. The number of benzene rings is 1. The maximum atomic E-state index is 11.6. The van der Waals surface area contributed by atoms with Crippen LogP contribution in [0.5, 0.6) is 5.75 Å². The third kappa shape index (κ3) is 5.49. The van der Waals surface area contributed by atoms with E-state index in [1.807, 2.05) is 20.8 Å². The van der Waals surface area contributed by atoms with Crippen molar-refractivity contribution in [3.63, 3.8) is 0 Å². The topological polar surface area (TPSA) is 52.6 Å². The molecule has 0 spiro atoms. The summed E-state index contributed by atoms with van der Waals surface area (Å²) in [7, 11) is 1.72. The van der Waals surface area contributed by atoms with Crippen LogP contribution in [-0.2, 0) is 13.8 Å². The molecule has 0 saturated carbocycles. The van der Waals surface area contributed by atoms with Gasteiger partial charge in [-0.05, 0) is 42.5 Å². The molecule has 0 aromatic heterocycles. The second kappa shape index (κ2) is 8.01. The maximum absolute atomic E-state index is 11.6. The molecule has 0 N–H and O–H groups in total. The molecule has 0 amide bonds. The quantitative estimate of drug-likeness (QED) is 0.535. The van der Waals surface area contributed by atoms with Gasteiger partial charge in [-0.3, -0.25) is 0 Å². The monoisotopic (exact) mass is 334 g/mol. The highest BCUT2D eigenvalue weighted by Crippen LogP contribution is 2.33. The van der Waals surface area contributed by atoms with E-state index in [1.165, 1.54) is 0 Å². The molecule has 0 atom stereocenters. The average Bonchev–Trinajstić information content (AvgIpc) is 2.36. The Labute approximate surface area is 131 Å². The highest BCUT2D eigenvalue weighted by atomic mass is 35.7. The van der Waals surface area contributed by atoms with Crippen LogP contribution in [0.3, 0.4) is 0 Å². The Morgan fingerprint density at radius 3 is 2.38 bits per heavy atom. The minimum atomic E-state index is -3.75. The van der Waals surface area contributed by atoms with Crippen LogP contribution in [0.15, 0.2) is 17.0 Å². The van der Waals surface area contributed by atoms with Crippen LogP contribution in [-0.4, -0.2) is 28.2 Å². The lowest BCUT2D eigenvalue weighted by Crippen LogP contribution is -2.09. The smallest absolute Gasteiger partial charge is 0.261 e. The lowest BCUT2D eigenvalue weighted by Gasteiger charge is -2.16. The molecule has 21 heavy (non-hydrogen) atoms. The van der Waals surface area contributed by atoms with E-state index < -0.39 is 9.05 Å². The molecule has 1 aromatic rings. The van der Waals surface area contributed by atoms with E-state index in [4.69, 9.17) is 20.2 Å². The van der Waals surface area contributed by atoms with E-state index in [0.717, 1.165) is 12.0 Å². The Kier molecular flexibility index (Phi) is 6.97. The zero-order chi connectivity index (χ0) is 16.0. The molecule has 1 aromatic carbocycles. The van der Waals surface area contributed by atoms with Crippen molar-refractivity contribution in [1.82, 2.24) is 0 Å². The molecule has 0 aliphatic rings. The summed E-state index contributed by atoms with van der Waals surface area (Å²) in [6, 6.07) is 3.33. The first-order valence-electron chi connectivity index (χ1n) is 7.07. The number of aryl methyl sites for hydroxylation is 1. The van der Waals surface area contributed by atoms with Crippen LogP contribution in [0.2, 0.25) is 0 Å². The fourth-order valence-corrected chi connectivity index (χ4v) is 3.18. The first kappa shape index (κ1) is 18.3. The van der Waals surface area contributed by atoms with Crippen LogP contribution in [0, 0.1) is 6.92 Å². The molecule has 0 heterocycles. The minimum Gasteiger partial charge on any atom is -0.491 e. The standard InChI is InChI=1S/C15H23ClO4S/c1-5-6-19-7-8-20-14-9-12(4)15(21(16,17)18)10-13(14)11(2)3/h9-11H,5-8H2,1-4H3. The summed E-state index contributed by atoms with van der Waals surface area (Å²) >= 11 is 0. The van der Waals surface area contributed by atoms with E-state index >= 15 is 0 Å². The molecule has 1 rings (SSSR count). The summed E-state index contributed by atoms with van der Waals surface area (Å²) in [6.07, 6.45) is 0.971. The summed E-state index contributed by atoms with van der Waals surface area (Å²) in [5, 5.41) is 0. The van der Waals surface area contributed by atoms with Gasteiger partial charge in [0.2, 0.25) is 0 Å². The highest BCUT2D eigenvalue weighted by Gasteiger charge is 2.19. The van der Waals surface area contributed by atoms with E-state index in [1.54, 1.807) is 19.1 Å². The van der Waals surface area contributed by atoms with Crippen LogP contribution >= 0.6 is 10.7 Å². The SMILES string of the molecule is CCCOCCOc1cc(C)c(S(=O)(=O)Cl)cc1C(C)C. The number of hydrogen-bond acceptors (Lipinski definition) is 4. The van der Waals surface area contributed by atoms with Crippen LogP contribution in [0.25, 0.3) is 0 Å². The Balaban J connectivity index is 2.96. The van der Waals surface area contributed by atoms with E-state index in [-0.39, 0.29) is 10.8 Å². The molecule has 0 aliphatic heterocycles. The Hall–Kier alpha value is -0.780. The summed E-state index contributed by atoms with van der Waals surface area (Å²) < 4.78 is 34.3. The average molecular weight is 335 g/mol. The van der Waals surface area contributed by atoms with Gasteiger partial charge in [0.1, 0.15) is 12.4 Å². The van der Waals surface area contributed by atoms with Gasteiger partial charge >= 0.3 is 0 Å². The van der Waals surface area contributed by atoms with Gasteiger partial charge in [0.15, 0.2) is 0 Å². The summed E-state index contributed by atoms with van der Waals surface area (Å²) in [6.45, 7) is 9.38. The summed E-state index contributed by atoms with van der Waals surface area (Å²) in [5.41, 5.74) is 1.41. The van der Waals surface area contributed by atoms with E-state index in [2.05, 4.69) is 0 Å². The zero-order valence-electron chi connectivity index (χ0n) is 13.0. The van der Waals surface area contributed by atoms with Crippen LogP contribution in [0.1, 0.15) is 44.2 Å². The third-order valence-electron chi connectivity index (χ3n) is 3.03. The maximum Gasteiger partial charge on any atom is 0.261 e. The molecule has 0 saturated heterocycles. The van der Waals surface area contributed by atoms with Gasteiger partial charge in [0, 0.05) is 17.3 Å². The molecule has 6 heteroatoms. The molecule has 0 bridgehead atoms.